The number of aliphatic hydroxyl groups is 1. The zero-order valence-corrected chi connectivity index (χ0v) is 9.58. The van der Waals surface area contributed by atoms with Crippen LogP contribution < -0.4 is 0 Å². The van der Waals surface area contributed by atoms with Crippen molar-refractivity contribution in [3.63, 3.8) is 0 Å². The number of alkyl halides is 3. The quantitative estimate of drug-likeness (QED) is 0.633. The highest BCUT2D eigenvalue weighted by Crippen LogP contribution is 2.22. The van der Waals surface area contributed by atoms with E-state index in [1.165, 1.54) is 18.2 Å². The van der Waals surface area contributed by atoms with E-state index in [1.54, 1.807) is 6.07 Å². The molecule has 0 aliphatic carbocycles. The molecule has 102 valence electrons. The Morgan fingerprint density at radius 3 is 2.44 bits per heavy atom. The third kappa shape index (κ3) is 5.01. The van der Waals surface area contributed by atoms with Crippen LogP contribution in [0.25, 0.3) is 0 Å². The number of ether oxygens (including phenoxy) is 1. The van der Waals surface area contributed by atoms with Gasteiger partial charge in [0.25, 0.3) is 0 Å². The van der Waals surface area contributed by atoms with Crippen LogP contribution in [0, 0.1) is 5.82 Å². The molecule has 1 rings (SSSR count). The van der Waals surface area contributed by atoms with Crippen molar-refractivity contribution in [2.24, 2.45) is 0 Å². The molecule has 0 amide bonds. The van der Waals surface area contributed by atoms with Crippen LogP contribution in [0.4, 0.5) is 17.6 Å². The summed E-state index contributed by atoms with van der Waals surface area (Å²) in [4.78, 5) is 0. The van der Waals surface area contributed by atoms with Gasteiger partial charge in [0.2, 0.25) is 0 Å². The van der Waals surface area contributed by atoms with Crippen LogP contribution in [-0.2, 0) is 4.74 Å². The highest BCUT2D eigenvalue weighted by atomic mass is 19.4. The van der Waals surface area contributed by atoms with E-state index in [0.717, 1.165) is 0 Å². The fourth-order valence-corrected chi connectivity index (χ4v) is 1.56. The first kappa shape index (κ1) is 14.9. The van der Waals surface area contributed by atoms with Gasteiger partial charge in [-0.1, -0.05) is 18.2 Å². The van der Waals surface area contributed by atoms with Gasteiger partial charge in [-0.05, 0) is 18.1 Å². The molecule has 1 aromatic rings. The second-order valence-corrected chi connectivity index (χ2v) is 3.86. The summed E-state index contributed by atoms with van der Waals surface area (Å²) in [6.07, 6.45) is -4.24. The van der Waals surface area contributed by atoms with Gasteiger partial charge >= 0.3 is 6.18 Å². The van der Waals surface area contributed by atoms with E-state index < -0.39 is 24.5 Å². The summed E-state index contributed by atoms with van der Waals surface area (Å²) < 4.78 is 53.3. The van der Waals surface area contributed by atoms with Crippen LogP contribution in [0.2, 0.25) is 0 Å². The monoisotopic (exact) mass is 266 g/mol. The van der Waals surface area contributed by atoms with Crippen LogP contribution in [-0.4, -0.2) is 31.1 Å². The second kappa shape index (κ2) is 6.70. The van der Waals surface area contributed by atoms with Crippen molar-refractivity contribution in [3.05, 3.63) is 35.6 Å². The molecule has 0 spiro atoms. The smallest absolute Gasteiger partial charge is 0.396 e. The number of hydrogen-bond acceptors (Lipinski definition) is 2. The van der Waals surface area contributed by atoms with Crippen LogP contribution in [0.5, 0.6) is 0 Å². The predicted octanol–water partition coefficient (Wildman–Crippen LogP) is 2.87. The molecule has 18 heavy (non-hydrogen) atoms. The predicted molar refractivity (Wildman–Crippen MR) is 57.7 cm³/mol. The molecule has 0 bridgehead atoms. The number of aliphatic hydroxyl groups excluding tert-OH is 1. The van der Waals surface area contributed by atoms with Crippen molar-refractivity contribution in [1.82, 2.24) is 0 Å². The highest BCUT2D eigenvalue weighted by Gasteiger charge is 2.27. The Bertz CT molecular complexity index is 365. The Hall–Kier alpha value is -1.14. The van der Waals surface area contributed by atoms with Crippen LogP contribution in [0.3, 0.4) is 0 Å². The molecule has 6 heteroatoms. The molecule has 0 aliphatic heterocycles. The largest absolute Gasteiger partial charge is 0.411 e. The summed E-state index contributed by atoms with van der Waals surface area (Å²) in [6.45, 7) is -1.85. The van der Waals surface area contributed by atoms with E-state index in [1.807, 2.05) is 0 Å². The molecule has 1 N–H and O–H groups in total. The van der Waals surface area contributed by atoms with E-state index in [0.29, 0.717) is 0 Å². The lowest BCUT2D eigenvalue weighted by Crippen LogP contribution is -2.18. The van der Waals surface area contributed by atoms with Gasteiger partial charge in [0.1, 0.15) is 12.4 Å². The lowest BCUT2D eigenvalue weighted by atomic mass is 9.96. The van der Waals surface area contributed by atoms with Gasteiger partial charge in [-0.15, -0.1) is 0 Å². The maximum absolute atomic E-state index is 13.4. The first-order valence-corrected chi connectivity index (χ1v) is 5.44. The summed E-state index contributed by atoms with van der Waals surface area (Å²) in [5.41, 5.74) is 0.288. The fraction of sp³-hybridized carbons (Fsp3) is 0.500. The standard InChI is InChI=1S/C12H14F4O2/c13-11-4-2-1-3-10(11)9(7-17)5-6-18-8-12(14,15)16/h1-4,9,17H,5-8H2. The maximum Gasteiger partial charge on any atom is 0.411 e. The summed E-state index contributed by atoms with van der Waals surface area (Å²) in [7, 11) is 0. The van der Waals surface area contributed by atoms with Crippen LogP contribution in [0.15, 0.2) is 24.3 Å². The Kier molecular flexibility index (Phi) is 5.55. The fourth-order valence-electron chi connectivity index (χ4n) is 1.56. The number of rotatable bonds is 6. The van der Waals surface area contributed by atoms with E-state index >= 15 is 0 Å². The van der Waals surface area contributed by atoms with Crippen molar-refractivity contribution in [3.8, 4) is 0 Å². The summed E-state index contributed by atoms with van der Waals surface area (Å²) in [6, 6.07) is 5.86. The van der Waals surface area contributed by atoms with Crippen molar-refractivity contribution in [2.45, 2.75) is 18.5 Å². The molecule has 0 heterocycles. The minimum Gasteiger partial charge on any atom is -0.396 e. The molecule has 2 nitrogen and oxygen atoms in total. The van der Waals surface area contributed by atoms with E-state index in [-0.39, 0.29) is 25.2 Å². The summed E-state index contributed by atoms with van der Waals surface area (Å²) in [5.74, 6) is -1.04. The van der Waals surface area contributed by atoms with Crippen molar-refractivity contribution in [2.75, 3.05) is 19.8 Å². The molecule has 0 aliphatic rings. The number of halogens is 4. The van der Waals surface area contributed by atoms with Gasteiger partial charge in [-0.2, -0.15) is 13.2 Å². The Morgan fingerprint density at radius 1 is 1.22 bits per heavy atom. The third-order valence-electron chi connectivity index (χ3n) is 2.44. The van der Waals surface area contributed by atoms with Crippen LogP contribution in [0.1, 0.15) is 17.9 Å². The maximum atomic E-state index is 13.4. The molecule has 1 aromatic carbocycles. The van der Waals surface area contributed by atoms with Gasteiger partial charge < -0.3 is 9.84 Å². The van der Waals surface area contributed by atoms with Gasteiger partial charge in [-0.3, -0.25) is 0 Å². The second-order valence-electron chi connectivity index (χ2n) is 3.86. The van der Waals surface area contributed by atoms with Gasteiger partial charge in [0.05, 0.1) is 6.61 Å². The molecular formula is C12H14F4O2. The minimum atomic E-state index is -4.37. The van der Waals surface area contributed by atoms with Crippen molar-refractivity contribution >= 4 is 0 Å². The molecule has 1 atom stereocenters. The van der Waals surface area contributed by atoms with E-state index in [2.05, 4.69) is 4.74 Å². The Morgan fingerprint density at radius 2 is 1.89 bits per heavy atom. The molecule has 1 unspecified atom stereocenters. The minimum absolute atomic E-state index is 0.132. The third-order valence-corrected chi connectivity index (χ3v) is 2.44. The zero-order chi connectivity index (χ0) is 13.6. The van der Waals surface area contributed by atoms with E-state index in [9.17, 15) is 17.6 Å². The Balaban J connectivity index is 2.46. The molecular weight excluding hydrogens is 252 g/mol. The van der Waals surface area contributed by atoms with Gasteiger partial charge in [0, 0.05) is 12.5 Å². The molecule has 0 saturated carbocycles. The first-order valence-electron chi connectivity index (χ1n) is 5.44. The van der Waals surface area contributed by atoms with Gasteiger partial charge in [-0.25, -0.2) is 4.39 Å². The van der Waals surface area contributed by atoms with Crippen LogP contribution >= 0.6 is 0 Å². The summed E-state index contributed by atoms with van der Waals surface area (Å²) >= 11 is 0. The highest BCUT2D eigenvalue weighted by molar-refractivity contribution is 5.21. The topological polar surface area (TPSA) is 29.5 Å². The number of hydrogen-bond donors (Lipinski definition) is 1. The molecule has 0 radical (unpaired) electrons. The van der Waals surface area contributed by atoms with Gasteiger partial charge in [0.15, 0.2) is 0 Å². The lowest BCUT2D eigenvalue weighted by molar-refractivity contribution is -0.174. The Labute approximate surface area is 102 Å². The average Bonchev–Trinajstić information content (AvgIpc) is 2.29. The lowest BCUT2D eigenvalue weighted by Gasteiger charge is -2.15. The molecule has 0 fully saturated rings. The average molecular weight is 266 g/mol. The normalized spacial score (nSPS) is 13.6. The van der Waals surface area contributed by atoms with E-state index in [4.69, 9.17) is 5.11 Å². The first-order chi connectivity index (χ1) is 8.44. The molecule has 0 saturated heterocycles. The van der Waals surface area contributed by atoms with Crippen molar-refractivity contribution < 1.29 is 27.4 Å². The SMILES string of the molecule is OCC(CCOCC(F)(F)F)c1ccccc1F. The summed E-state index contributed by atoms with van der Waals surface area (Å²) in [5, 5.41) is 9.12. The zero-order valence-electron chi connectivity index (χ0n) is 9.58. The molecule has 0 aromatic heterocycles. The number of benzene rings is 1. The van der Waals surface area contributed by atoms with Crippen molar-refractivity contribution in [1.29, 1.82) is 0 Å².